The van der Waals surface area contributed by atoms with Crippen molar-refractivity contribution in [1.82, 2.24) is 0 Å². The third kappa shape index (κ3) is 4.26. The molecule has 1 N–H and O–H groups in total. The second kappa shape index (κ2) is 7.05. The molecule has 3 nitrogen and oxygen atoms in total. The van der Waals surface area contributed by atoms with Crippen LogP contribution in [-0.2, 0) is 4.79 Å². The van der Waals surface area contributed by atoms with Gasteiger partial charge in [-0.25, -0.2) is 0 Å². The molecule has 0 spiro atoms. The summed E-state index contributed by atoms with van der Waals surface area (Å²) in [6.07, 6.45) is -0.600. The van der Waals surface area contributed by atoms with Gasteiger partial charge >= 0.3 is 0 Å². The fourth-order valence-corrected chi connectivity index (χ4v) is 2.40. The van der Waals surface area contributed by atoms with Gasteiger partial charge in [-0.3, -0.25) is 4.79 Å². The first-order valence-corrected chi connectivity index (χ1v) is 7.97. The van der Waals surface area contributed by atoms with Crippen molar-refractivity contribution >= 4 is 23.2 Å². The van der Waals surface area contributed by atoms with Crippen LogP contribution in [0.2, 0.25) is 5.02 Å². The van der Waals surface area contributed by atoms with Crippen molar-refractivity contribution in [2.45, 2.75) is 40.7 Å². The van der Waals surface area contributed by atoms with Crippen molar-refractivity contribution in [2.75, 3.05) is 5.32 Å². The minimum absolute atomic E-state index is 0.182. The number of carbonyl (C=O) groups excluding carboxylic acids is 1. The largest absolute Gasteiger partial charge is 0.481 e. The normalized spacial score (nSPS) is 11.9. The molecule has 0 saturated carbocycles. The van der Waals surface area contributed by atoms with E-state index in [1.54, 1.807) is 6.92 Å². The van der Waals surface area contributed by atoms with Gasteiger partial charge in [0, 0.05) is 10.7 Å². The van der Waals surface area contributed by atoms with E-state index >= 15 is 0 Å². The Morgan fingerprint density at radius 3 is 2.17 bits per heavy atom. The Bertz CT molecular complexity index is 717. The van der Waals surface area contributed by atoms with Crippen molar-refractivity contribution in [3.63, 3.8) is 0 Å². The fourth-order valence-electron chi connectivity index (χ4n) is 2.29. The Morgan fingerprint density at radius 2 is 1.61 bits per heavy atom. The smallest absolute Gasteiger partial charge is 0.265 e. The van der Waals surface area contributed by atoms with Crippen LogP contribution in [-0.4, -0.2) is 12.0 Å². The number of hydrogen-bond donors (Lipinski definition) is 1. The minimum atomic E-state index is -0.600. The van der Waals surface area contributed by atoms with E-state index < -0.39 is 6.10 Å². The van der Waals surface area contributed by atoms with Gasteiger partial charge in [0.15, 0.2) is 6.10 Å². The fraction of sp³-hybridized carbons (Fsp3) is 0.316. The van der Waals surface area contributed by atoms with Gasteiger partial charge in [-0.05, 0) is 81.1 Å². The van der Waals surface area contributed by atoms with Crippen LogP contribution in [0.15, 0.2) is 30.3 Å². The quantitative estimate of drug-likeness (QED) is 0.858. The molecule has 0 bridgehead atoms. The topological polar surface area (TPSA) is 38.3 Å². The van der Waals surface area contributed by atoms with Crippen LogP contribution in [0.3, 0.4) is 0 Å². The monoisotopic (exact) mass is 331 g/mol. The number of aryl methyl sites for hydroxylation is 4. The van der Waals surface area contributed by atoms with Crippen molar-refractivity contribution in [2.24, 2.45) is 0 Å². The van der Waals surface area contributed by atoms with E-state index in [0.717, 1.165) is 27.4 Å². The van der Waals surface area contributed by atoms with Gasteiger partial charge in [-0.2, -0.15) is 0 Å². The summed E-state index contributed by atoms with van der Waals surface area (Å²) in [6, 6.07) is 9.52. The Hall–Kier alpha value is -2.00. The lowest BCUT2D eigenvalue weighted by atomic mass is 10.1. The summed E-state index contributed by atoms with van der Waals surface area (Å²) in [5.74, 6) is 0.464. The molecule has 0 fully saturated rings. The predicted molar refractivity (Wildman–Crippen MR) is 95.6 cm³/mol. The van der Waals surface area contributed by atoms with Crippen LogP contribution in [0.4, 0.5) is 5.69 Å². The highest BCUT2D eigenvalue weighted by Gasteiger charge is 2.16. The summed E-state index contributed by atoms with van der Waals surface area (Å²) < 4.78 is 5.75. The number of ether oxygens (including phenoxy) is 1. The molecule has 1 unspecified atom stereocenters. The second-order valence-electron chi connectivity index (χ2n) is 5.92. The average Bonchev–Trinajstić information content (AvgIpc) is 2.48. The highest BCUT2D eigenvalue weighted by Crippen LogP contribution is 2.26. The molecule has 0 aliphatic rings. The van der Waals surface area contributed by atoms with Crippen LogP contribution < -0.4 is 10.1 Å². The number of nitrogens with one attached hydrogen (secondary N) is 1. The van der Waals surface area contributed by atoms with Crippen molar-refractivity contribution < 1.29 is 9.53 Å². The standard InChI is InChI=1S/C19H22ClNO2/c1-11-6-7-16(8-12(11)2)21-19(22)15(5)23-17-9-13(3)18(20)14(4)10-17/h6-10,15H,1-5H3,(H,21,22). The van der Waals surface area contributed by atoms with Crippen molar-refractivity contribution in [3.05, 3.63) is 57.6 Å². The Kier molecular flexibility index (Phi) is 5.32. The minimum Gasteiger partial charge on any atom is -0.481 e. The molecule has 1 amide bonds. The van der Waals surface area contributed by atoms with Crippen LogP contribution in [0.5, 0.6) is 5.75 Å². The summed E-state index contributed by atoms with van der Waals surface area (Å²) in [5, 5.41) is 3.61. The SMILES string of the molecule is Cc1ccc(NC(=O)C(C)Oc2cc(C)c(Cl)c(C)c2)cc1C. The molecule has 2 aromatic rings. The molecule has 2 rings (SSSR count). The molecule has 122 valence electrons. The summed E-state index contributed by atoms with van der Waals surface area (Å²) in [4.78, 5) is 12.3. The summed E-state index contributed by atoms with van der Waals surface area (Å²) in [7, 11) is 0. The first-order chi connectivity index (χ1) is 10.8. The molecular weight excluding hydrogens is 310 g/mol. The lowest BCUT2D eigenvalue weighted by molar-refractivity contribution is -0.122. The summed E-state index contributed by atoms with van der Waals surface area (Å²) in [6.45, 7) is 9.63. The van der Waals surface area contributed by atoms with Crippen LogP contribution in [0, 0.1) is 27.7 Å². The zero-order valence-corrected chi connectivity index (χ0v) is 14.9. The van der Waals surface area contributed by atoms with Crippen molar-refractivity contribution in [1.29, 1.82) is 0 Å². The van der Waals surface area contributed by atoms with Crippen LogP contribution in [0.25, 0.3) is 0 Å². The maximum Gasteiger partial charge on any atom is 0.265 e. The van der Waals surface area contributed by atoms with Gasteiger partial charge in [0.1, 0.15) is 5.75 Å². The molecule has 23 heavy (non-hydrogen) atoms. The maximum atomic E-state index is 12.3. The average molecular weight is 332 g/mol. The lowest BCUT2D eigenvalue weighted by Crippen LogP contribution is -2.30. The zero-order chi connectivity index (χ0) is 17.1. The molecule has 0 saturated heterocycles. The van der Waals surface area contributed by atoms with Crippen LogP contribution >= 0.6 is 11.6 Å². The predicted octanol–water partition coefficient (Wildman–Crippen LogP) is 4.98. The van der Waals surface area contributed by atoms with E-state index in [-0.39, 0.29) is 5.91 Å². The number of anilines is 1. The number of hydrogen-bond acceptors (Lipinski definition) is 2. The third-order valence-electron chi connectivity index (χ3n) is 3.87. The van der Waals surface area contributed by atoms with E-state index in [1.807, 2.05) is 58.0 Å². The molecule has 0 heterocycles. The molecule has 0 radical (unpaired) electrons. The Balaban J connectivity index is 2.06. The molecule has 0 aliphatic carbocycles. The van der Waals surface area contributed by atoms with Gasteiger partial charge in [0.25, 0.3) is 5.91 Å². The van der Waals surface area contributed by atoms with E-state index in [2.05, 4.69) is 5.32 Å². The highest BCUT2D eigenvalue weighted by atomic mass is 35.5. The summed E-state index contributed by atoms with van der Waals surface area (Å²) >= 11 is 6.15. The summed E-state index contributed by atoms with van der Waals surface area (Å²) in [5.41, 5.74) is 4.98. The van der Waals surface area contributed by atoms with Crippen molar-refractivity contribution in [3.8, 4) is 5.75 Å². The molecule has 1 atom stereocenters. The maximum absolute atomic E-state index is 12.3. The van der Waals surface area contributed by atoms with Gasteiger partial charge in [0.2, 0.25) is 0 Å². The van der Waals surface area contributed by atoms with Gasteiger partial charge in [-0.1, -0.05) is 17.7 Å². The number of halogens is 1. The number of benzene rings is 2. The molecule has 0 aliphatic heterocycles. The number of amides is 1. The first-order valence-electron chi connectivity index (χ1n) is 7.59. The van der Waals surface area contributed by atoms with E-state index in [0.29, 0.717) is 5.75 Å². The first kappa shape index (κ1) is 17.4. The third-order valence-corrected chi connectivity index (χ3v) is 4.46. The van der Waals surface area contributed by atoms with Gasteiger partial charge in [0.05, 0.1) is 0 Å². The Labute approximate surface area is 142 Å². The molecule has 0 aromatic heterocycles. The molecule has 4 heteroatoms. The zero-order valence-electron chi connectivity index (χ0n) is 14.2. The highest BCUT2D eigenvalue weighted by molar-refractivity contribution is 6.32. The van der Waals surface area contributed by atoms with E-state index in [9.17, 15) is 4.79 Å². The second-order valence-corrected chi connectivity index (χ2v) is 6.30. The van der Waals surface area contributed by atoms with Gasteiger partial charge in [-0.15, -0.1) is 0 Å². The lowest BCUT2D eigenvalue weighted by Gasteiger charge is -2.16. The molecular formula is C19H22ClNO2. The van der Waals surface area contributed by atoms with E-state index in [1.165, 1.54) is 5.56 Å². The van der Waals surface area contributed by atoms with E-state index in [4.69, 9.17) is 16.3 Å². The number of carbonyl (C=O) groups is 1. The molecule has 2 aromatic carbocycles. The van der Waals surface area contributed by atoms with Gasteiger partial charge < -0.3 is 10.1 Å². The van der Waals surface area contributed by atoms with Crippen LogP contribution in [0.1, 0.15) is 29.2 Å². The number of rotatable bonds is 4. The Morgan fingerprint density at radius 1 is 1.00 bits per heavy atom.